The smallest absolute Gasteiger partial charge is 0.147 e. The van der Waals surface area contributed by atoms with E-state index in [0.29, 0.717) is 11.5 Å². The Morgan fingerprint density at radius 3 is 2.83 bits per heavy atom. The fourth-order valence-corrected chi connectivity index (χ4v) is 2.55. The summed E-state index contributed by atoms with van der Waals surface area (Å²) in [5.74, 6) is 0.172. The Labute approximate surface area is 120 Å². The first-order chi connectivity index (χ1) is 8.60. The molecule has 2 aromatic rings. The first-order valence-electron chi connectivity index (χ1n) is 5.27. The van der Waals surface area contributed by atoms with E-state index in [9.17, 15) is 8.42 Å². The molecule has 0 aliphatic carbocycles. The topological polar surface area (TPSA) is 77.7 Å². The molecular weight excluding hydrogens is 367 g/mol. The summed E-state index contributed by atoms with van der Waals surface area (Å²) in [4.78, 5) is 8.18. The lowest BCUT2D eigenvalue weighted by atomic mass is 10.2. The fraction of sp³-hybridized carbons (Fsp3) is 0.300. The minimum Gasteiger partial charge on any atom is -0.271 e. The molecule has 0 fully saturated rings. The van der Waals surface area contributed by atoms with Crippen LogP contribution in [0.1, 0.15) is 12.7 Å². The summed E-state index contributed by atoms with van der Waals surface area (Å²) in [6, 6.07) is 1.75. The zero-order valence-electron chi connectivity index (χ0n) is 9.58. The zero-order chi connectivity index (χ0) is 13.1. The average molecular weight is 378 g/mol. The van der Waals surface area contributed by atoms with Gasteiger partial charge in [-0.1, -0.05) is 0 Å². The molecule has 2 rings (SSSR count). The van der Waals surface area contributed by atoms with Crippen LogP contribution in [0.3, 0.4) is 0 Å². The predicted molar refractivity (Wildman–Crippen MR) is 75.7 cm³/mol. The molecule has 0 saturated heterocycles. The Bertz CT molecular complexity index is 631. The highest BCUT2D eigenvalue weighted by Crippen LogP contribution is 2.22. The van der Waals surface area contributed by atoms with E-state index in [2.05, 4.69) is 37.7 Å². The Hall–Kier alpha value is -1.03. The number of aryl methyl sites for hydroxylation is 1. The molecule has 0 spiro atoms. The molecule has 0 N–H and O–H groups in total. The van der Waals surface area contributed by atoms with Crippen molar-refractivity contribution < 1.29 is 8.42 Å². The third-order valence-corrected chi connectivity index (χ3v) is 3.63. The molecule has 0 radical (unpaired) electrons. The van der Waals surface area contributed by atoms with E-state index in [4.69, 9.17) is 0 Å². The maximum Gasteiger partial charge on any atom is 0.147 e. The molecule has 96 valence electrons. The standard InChI is InChI=1S/C10H11IN4O2S/c1-2-15-5-7(10(11)14-15)8-3-4-12-9(13-8)6-18(16)17/h3-5,18H,2,6H2,1H3. The second kappa shape index (κ2) is 5.74. The van der Waals surface area contributed by atoms with E-state index in [1.54, 1.807) is 12.3 Å². The summed E-state index contributed by atoms with van der Waals surface area (Å²) in [7, 11) is -2.51. The molecule has 0 aliphatic heterocycles. The van der Waals surface area contributed by atoms with E-state index >= 15 is 0 Å². The van der Waals surface area contributed by atoms with Crippen molar-refractivity contribution >= 4 is 33.3 Å². The molecule has 0 unspecified atom stereocenters. The highest BCUT2D eigenvalue weighted by atomic mass is 127. The van der Waals surface area contributed by atoms with Gasteiger partial charge in [-0.2, -0.15) is 5.10 Å². The van der Waals surface area contributed by atoms with E-state index in [0.717, 1.165) is 15.8 Å². The van der Waals surface area contributed by atoms with Crippen molar-refractivity contribution in [1.82, 2.24) is 19.7 Å². The van der Waals surface area contributed by atoms with E-state index < -0.39 is 10.7 Å². The number of aromatic nitrogens is 4. The normalized spacial score (nSPS) is 11.1. The van der Waals surface area contributed by atoms with Crippen molar-refractivity contribution in [2.75, 3.05) is 0 Å². The lowest BCUT2D eigenvalue weighted by Gasteiger charge is -1.99. The third kappa shape index (κ3) is 3.05. The quantitative estimate of drug-likeness (QED) is 0.637. The summed E-state index contributed by atoms with van der Waals surface area (Å²) in [5, 5.41) is 4.32. The largest absolute Gasteiger partial charge is 0.271 e. The second-order valence-electron chi connectivity index (χ2n) is 3.54. The summed E-state index contributed by atoms with van der Waals surface area (Å²) >= 11 is 2.13. The van der Waals surface area contributed by atoms with Crippen LogP contribution in [-0.2, 0) is 23.0 Å². The van der Waals surface area contributed by atoms with Crippen LogP contribution in [0.5, 0.6) is 0 Å². The molecule has 0 aliphatic rings. The predicted octanol–water partition coefficient (Wildman–Crippen LogP) is 1.08. The van der Waals surface area contributed by atoms with E-state index in [-0.39, 0.29) is 5.75 Å². The lowest BCUT2D eigenvalue weighted by Crippen LogP contribution is -1.97. The average Bonchev–Trinajstić information content (AvgIpc) is 2.70. The highest BCUT2D eigenvalue weighted by molar-refractivity contribution is 14.1. The van der Waals surface area contributed by atoms with Crippen LogP contribution in [0.25, 0.3) is 11.3 Å². The molecule has 0 saturated carbocycles. The van der Waals surface area contributed by atoms with Crippen molar-refractivity contribution in [1.29, 1.82) is 0 Å². The maximum absolute atomic E-state index is 10.7. The first-order valence-corrected chi connectivity index (χ1v) is 7.71. The van der Waals surface area contributed by atoms with E-state index in [1.165, 1.54) is 0 Å². The van der Waals surface area contributed by atoms with Crippen LogP contribution >= 0.6 is 22.6 Å². The van der Waals surface area contributed by atoms with Crippen LogP contribution in [0.4, 0.5) is 0 Å². The monoisotopic (exact) mass is 378 g/mol. The molecule has 2 aromatic heterocycles. The van der Waals surface area contributed by atoms with Gasteiger partial charge in [-0.05, 0) is 35.6 Å². The second-order valence-corrected chi connectivity index (χ2v) is 5.54. The van der Waals surface area contributed by atoms with Crippen LogP contribution in [-0.4, -0.2) is 28.2 Å². The van der Waals surface area contributed by atoms with Gasteiger partial charge in [0.15, 0.2) is 0 Å². The van der Waals surface area contributed by atoms with Gasteiger partial charge in [0.1, 0.15) is 26.0 Å². The van der Waals surface area contributed by atoms with Gasteiger partial charge in [0.05, 0.1) is 11.3 Å². The van der Waals surface area contributed by atoms with Crippen molar-refractivity contribution in [3.8, 4) is 11.3 Å². The van der Waals surface area contributed by atoms with Gasteiger partial charge >= 0.3 is 0 Å². The van der Waals surface area contributed by atoms with Gasteiger partial charge in [0.25, 0.3) is 0 Å². The fourth-order valence-electron chi connectivity index (χ4n) is 1.47. The number of thiol groups is 1. The van der Waals surface area contributed by atoms with Crippen LogP contribution < -0.4 is 0 Å². The maximum atomic E-state index is 10.7. The number of hydrogen-bond donors (Lipinski definition) is 1. The van der Waals surface area contributed by atoms with Crippen molar-refractivity contribution in [2.24, 2.45) is 0 Å². The van der Waals surface area contributed by atoms with Gasteiger partial charge < -0.3 is 0 Å². The molecule has 6 nitrogen and oxygen atoms in total. The third-order valence-electron chi connectivity index (χ3n) is 2.29. The molecular formula is C10H11IN4O2S. The molecule has 18 heavy (non-hydrogen) atoms. The minimum absolute atomic E-state index is 0.137. The Balaban J connectivity index is 2.40. The first kappa shape index (κ1) is 13.4. The number of halogens is 1. The van der Waals surface area contributed by atoms with Crippen molar-refractivity contribution in [2.45, 2.75) is 19.2 Å². The van der Waals surface area contributed by atoms with Crippen molar-refractivity contribution in [3.05, 3.63) is 28.0 Å². The molecule has 0 aromatic carbocycles. The van der Waals surface area contributed by atoms with Gasteiger partial charge in [0, 0.05) is 18.9 Å². The van der Waals surface area contributed by atoms with E-state index in [1.807, 2.05) is 17.8 Å². The van der Waals surface area contributed by atoms with Crippen molar-refractivity contribution in [3.63, 3.8) is 0 Å². The Morgan fingerprint density at radius 2 is 2.22 bits per heavy atom. The van der Waals surface area contributed by atoms with Gasteiger partial charge in [-0.3, -0.25) is 4.68 Å². The SMILES string of the molecule is CCn1cc(-c2ccnc(C[SH](=O)=O)n2)c(I)n1. The number of hydrogen-bond acceptors (Lipinski definition) is 5. The van der Waals surface area contributed by atoms with Gasteiger partial charge in [0.2, 0.25) is 0 Å². The summed E-state index contributed by atoms with van der Waals surface area (Å²) < 4.78 is 24.0. The van der Waals surface area contributed by atoms with Gasteiger partial charge in [-0.15, -0.1) is 0 Å². The molecule has 0 amide bonds. The summed E-state index contributed by atoms with van der Waals surface area (Å²) in [6.45, 7) is 2.78. The zero-order valence-corrected chi connectivity index (χ0v) is 12.6. The van der Waals surface area contributed by atoms with Crippen LogP contribution in [0.2, 0.25) is 0 Å². The number of nitrogens with zero attached hydrogens (tertiary/aromatic N) is 4. The van der Waals surface area contributed by atoms with Crippen LogP contribution in [0, 0.1) is 3.70 Å². The molecule has 0 atom stereocenters. The Kier molecular flexibility index (Phi) is 4.27. The summed E-state index contributed by atoms with van der Waals surface area (Å²) in [5.41, 5.74) is 1.59. The minimum atomic E-state index is -2.51. The summed E-state index contributed by atoms with van der Waals surface area (Å²) in [6.07, 6.45) is 3.46. The molecule has 8 heteroatoms. The highest BCUT2D eigenvalue weighted by Gasteiger charge is 2.10. The van der Waals surface area contributed by atoms with Crippen LogP contribution in [0.15, 0.2) is 18.5 Å². The van der Waals surface area contributed by atoms with Gasteiger partial charge in [-0.25, -0.2) is 18.4 Å². The molecule has 2 heterocycles. The Morgan fingerprint density at radius 1 is 1.44 bits per heavy atom. The molecule has 0 bridgehead atoms. The lowest BCUT2D eigenvalue weighted by molar-refractivity contribution is 0.612. The number of rotatable bonds is 4.